The lowest BCUT2D eigenvalue weighted by atomic mass is 9.77. The molecule has 3 atom stereocenters. The van der Waals surface area contributed by atoms with Gasteiger partial charge in [0, 0.05) is 16.1 Å². The fraction of sp³-hybridized carbons (Fsp3) is 0.214. The van der Waals surface area contributed by atoms with Crippen LogP contribution in [0.3, 0.4) is 0 Å². The van der Waals surface area contributed by atoms with Crippen molar-refractivity contribution < 1.29 is 37.1 Å². The maximum atomic E-state index is 14.0. The van der Waals surface area contributed by atoms with Gasteiger partial charge >= 0.3 is 6.18 Å². The number of halogens is 4. The molecule has 0 bridgehead atoms. The molecule has 2 aliphatic heterocycles. The van der Waals surface area contributed by atoms with E-state index in [0.29, 0.717) is 15.5 Å². The first kappa shape index (κ1) is 24.5. The fourth-order valence-corrected chi connectivity index (χ4v) is 5.86. The Balaban J connectivity index is 1.54. The molecule has 0 unspecified atom stereocenters. The number of ketones is 2. The lowest BCUT2D eigenvalue weighted by Gasteiger charge is -2.28. The normalized spacial score (nSPS) is 23.9. The number of aryl methyl sites for hydroxylation is 1. The predicted octanol–water partition coefficient (Wildman–Crippen LogP) is 5.36. The Morgan fingerprint density at radius 3 is 2.05 bits per heavy atom. The van der Waals surface area contributed by atoms with Crippen LogP contribution < -0.4 is 4.90 Å². The van der Waals surface area contributed by atoms with Gasteiger partial charge in [-0.1, -0.05) is 54.1 Å². The van der Waals surface area contributed by atoms with Crippen molar-refractivity contribution in [2.24, 2.45) is 11.8 Å². The van der Waals surface area contributed by atoms with Crippen molar-refractivity contribution >= 4 is 40.7 Å². The zero-order chi connectivity index (χ0) is 27.1. The number of alkyl halides is 3. The Morgan fingerprint density at radius 2 is 1.47 bits per heavy atom. The van der Waals surface area contributed by atoms with Gasteiger partial charge in [-0.3, -0.25) is 19.2 Å². The van der Waals surface area contributed by atoms with Crippen LogP contribution >= 0.6 is 11.6 Å². The van der Waals surface area contributed by atoms with Crippen LogP contribution in [0.2, 0.25) is 5.02 Å². The van der Waals surface area contributed by atoms with Gasteiger partial charge in [0.25, 0.3) is 0 Å². The van der Waals surface area contributed by atoms with Crippen LogP contribution in [0.4, 0.5) is 18.9 Å². The molecule has 0 saturated carbocycles. The van der Waals surface area contributed by atoms with E-state index in [9.17, 15) is 32.3 Å². The lowest BCUT2D eigenvalue weighted by molar-refractivity contribution is -0.137. The number of amides is 2. The number of benzene rings is 3. The number of carbonyl (C=O) groups excluding carboxylic acids is 4. The molecule has 3 aromatic rings. The maximum absolute atomic E-state index is 14.0. The van der Waals surface area contributed by atoms with Crippen LogP contribution in [0.1, 0.15) is 43.5 Å². The molecule has 6 nitrogen and oxygen atoms in total. The van der Waals surface area contributed by atoms with E-state index in [4.69, 9.17) is 16.3 Å². The zero-order valence-electron chi connectivity index (χ0n) is 19.6. The highest BCUT2D eigenvalue weighted by atomic mass is 35.5. The van der Waals surface area contributed by atoms with Gasteiger partial charge in [0.1, 0.15) is 0 Å². The summed E-state index contributed by atoms with van der Waals surface area (Å²) >= 11 is 6.01. The minimum atomic E-state index is -4.72. The minimum absolute atomic E-state index is 0.0574. The van der Waals surface area contributed by atoms with E-state index >= 15 is 0 Å². The molecule has 2 saturated heterocycles. The van der Waals surface area contributed by atoms with E-state index < -0.39 is 58.7 Å². The number of carbonyl (C=O) groups is 4. The van der Waals surface area contributed by atoms with Crippen molar-refractivity contribution in [1.29, 1.82) is 0 Å². The Morgan fingerprint density at radius 1 is 0.868 bits per heavy atom. The molecule has 1 spiro atoms. The average Bonchev–Trinajstić information content (AvgIpc) is 3.44. The largest absolute Gasteiger partial charge is 0.416 e. The van der Waals surface area contributed by atoms with Crippen LogP contribution in [-0.4, -0.2) is 29.0 Å². The molecular weight excluding hydrogens is 523 g/mol. The van der Waals surface area contributed by atoms with Crippen molar-refractivity contribution in [3.63, 3.8) is 0 Å². The summed E-state index contributed by atoms with van der Waals surface area (Å²) < 4.78 is 46.7. The second kappa shape index (κ2) is 8.09. The van der Waals surface area contributed by atoms with Crippen LogP contribution in [0.25, 0.3) is 0 Å². The number of imide groups is 1. The molecule has 1 aliphatic carbocycles. The zero-order valence-corrected chi connectivity index (χ0v) is 20.3. The Bertz CT molecular complexity index is 1530. The quantitative estimate of drug-likeness (QED) is 0.323. The van der Waals surface area contributed by atoms with Gasteiger partial charge in [0.05, 0.1) is 29.2 Å². The number of Topliss-reactive ketones (excluding diaryl/α,β-unsaturated/α-hetero) is 2. The number of rotatable bonds is 2. The van der Waals surface area contributed by atoms with Gasteiger partial charge in [0.15, 0.2) is 0 Å². The molecular formula is C28H17ClF3NO5. The third-order valence-electron chi connectivity index (χ3n) is 7.49. The van der Waals surface area contributed by atoms with Crippen LogP contribution in [-0.2, 0) is 20.5 Å². The number of nitrogens with zero attached hydrogens (tertiary/aromatic N) is 1. The Kier molecular flexibility index (Phi) is 5.22. The van der Waals surface area contributed by atoms with Gasteiger partial charge in [-0.2, -0.15) is 13.2 Å². The van der Waals surface area contributed by atoms with Crippen LogP contribution in [0, 0.1) is 18.8 Å². The monoisotopic (exact) mass is 539 g/mol. The molecule has 0 aromatic heterocycles. The average molecular weight is 540 g/mol. The first-order valence-corrected chi connectivity index (χ1v) is 12.0. The second-order valence-corrected chi connectivity index (χ2v) is 9.98. The van der Waals surface area contributed by atoms with Gasteiger partial charge in [-0.05, 0) is 42.3 Å². The standard InChI is InChI=1S/C28H17ClF3NO5/c1-13-6-9-15(28(30,31)32)12-19(13)33-25(36)20-21(26(33)37)27(38-22(20)14-7-10-16(29)11-8-14)23(34)17-4-2-3-5-18(17)24(27)35/h2-12,20-22H,1H3/t20-,21+,22+/m1/s1. The third kappa shape index (κ3) is 3.18. The molecule has 2 amide bonds. The maximum Gasteiger partial charge on any atom is 0.416 e. The van der Waals surface area contributed by atoms with Crippen molar-refractivity contribution in [2.45, 2.75) is 24.8 Å². The Hall–Kier alpha value is -3.82. The van der Waals surface area contributed by atoms with E-state index in [1.807, 2.05) is 0 Å². The molecule has 10 heteroatoms. The van der Waals surface area contributed by atoms with Crippen LogP contribution in [0.15, 0.2) is 66.7 Å². The molecule has 3 aliphatic rings. The van der Waals surface area contributed by atoms with Crippen LogP contribution in [0.5, 0.6) is 0 Å². The summed E-state index contributed by atoms with van der Waals surface area (Å²) in [6.45, 7) is 1.47. The summed E-state index contributed by atoms with van der Waals surface area (Å²) in [4.78, 5) is 56.0. The van der Waals surface area contributed by atoms with E-state index in [1.54, 1.807) is 24.3 Å². The van der Waals surface area contributed by atoms with Gasteiger partial charge in [-0.15, -0.1) is 0 Å². The van der Waals surface area contributed by atoms with E-state index in [0.717, 1.165) is 18.2 Å². The van der Waals surface area contributed by atoms with Crippen molar-refractivity contribution in [3.8, 4) is 0 Å². The highest BCUT2D eigenvalue weighted by Crippen LogP contribution is 2.58. The molecule has 192 valence electrons. The molecule has 2 heterocycles. The van der Waals surface area contributed by atoms with Crippen molar-refractivity contribution in [3.05, 3.63) is 99.6 Å². The topological polar surface area (TPSA) is 80.8 Å². The number of hydrogen-bond donors (Lipinski definition) is 0. The predicted molar refractivity (Wildman–Crippen MR) is 129 cm³/mol. The van der Waals surface area contributed by atoms with E-state index in [2.05, 4.69) is 0 Å². The first-order chi connectivity index (χ1) is 18.0. The highest BCUT2D eigenvalue weighted by Gasteiger charge is 2.74. The highest BCUT2D eigenvalue weighted by molar-refractivity contribution is 6.37. The third-order valence-corrected chi connectivity index (χ3v) is 7.75. The number of fused-ring (bicyclic) bond motifs is 3. The summed E-state index contributed by atoms with van der Waals surface area (Å²) in [6.07, 6.45) is -5.92. The minimum Gasteiger partial charge on any atom is -0.349 e. The van der Waals surface area contributed by atoms with E-state index in [-0.39, 0.29) is 22.4 Å². The second-order valence-electron chi connectivity index (χ2n) is 9.54. The van der Waals surface area contributed by atoms with E-state index in [1.165, 1.54) is 31.2 Å². The summed E-state index contributed by atoms with van der Waals surface area (Å²) in [7, 11) is 0. The molecule has 2 fully saturated rings. The molecule has 0 N–H and O–H groups in total. The molecule has 3 aromatic carbocycles. The smallest absolute Gasteiger partial charge is 0.349 e. The summed E-state index contributed by atoms with van der Waals surface area (Å²) in [6, 6.07) is 14.9. The molecule has 38 heavy (non-hydrogen) atoms. The fourth-order valence-electron chi connectivity index (χ4n) is 5.73. The summed E-state index contributed by atoms with van der Waals surface area (Å²) in [5.41, 5.74) is -2.88. The summed E-state index contributed by atoms with van der Waals surface area (Å²) in [5.74, 6) is -6.23. The number of ether oxygens (including phenoxy) is 1. The number of anilines is 1. The number of hydrogen-bond acceptors (Lipinski definition) is 5. The Labute approximate surface area is 218 Å². The lowest BCUT2D eigenvalue weighted by Crippen LogP contribution is -2.51. The van der Waals surface area contributed by atoms with Crippen molar-refractivity contribution in [2.75, 3.05) is 4.90 Å². The SMILES string of the molecule is Cc1ccc(C(F)(F)F)cc1N1C(=O)[C@@H]2[C@@H](C1=O)C1(O[C@H]2c2ccc(Cl)cc2)C(=O)c2ccccc2C1=O. The van der Waals surface area contributed by atoms with Gasteiger partial charge < -0.3 is 4.74 Å². The molecule has 6 rings (SSSR count). The van der Waals surface area contributed by atoms with Gasteiger partial charge in [0.2, 0.25) is 29.0 Å². The molecule has 0 radical (unpaired) electrons. The summed E-state index contributed by atoms with van der Waals surface area (Å²) in [5, 5.41) is 0.383. The van der Waals surface area contributed by atoms with Gasteiger partial charge in [-0.25, -0.2) is 4.90 Å². The first-order valence-electron chi connectivity index (χ1n) is 11.6. The van der Waals surface area contributed by atoms with Crippen molar-refractivity contribution in [1.82, 2.24) is 0 Å².